The Bertz CT molecular complexity index is 387. The number of rotatable bonds is 2. The zero-order valence-corrected chi connectivity index (χ0v) is 9.87. The van der Waals surface area contributed by atoms with E-state index in [1.165, 1.54) is 6.07 Å². The van der Waals surface area contributed by atoms with Crippen LogP contribution in [0.15, 0.2) is 10.5 Å². The fourth-order valence-corrected chi connectivity index (χ4v) is 2.18. The number of halogens is 3. The van der Waals surface area contributed by atoms with Gasteiger partial charge in [0, 0.05) is 12.0 Å². The molecule has 0 aliphatic heterocycles. The van der Waals surface area contributed by atoms with Crippen LogP contribution in [0.5, 0.6) is 0 Å². The fraction of sp³-hybridized carbons (Fsp3) is 0.455. The number of hydrogen-bond donors (Lipinski definition) is 1. The third kappa shape index (κ3) is 2.06. The first-order chi connectivity index (χ1) is 6.93. The summed E-state index contributed by atoms with van der Waals surface area (Å²) in [7, 11) is 0. The zero-order chi connectivity index (χ0) is 11.2. The molecule has 1 aliphatic carbocycles. The summed E-state index contributed by atoms with van der Waals surface area (Å²) in [6.45, 7) is 1.58. The highest BCUT2D eigenvalue weighted by Gasteiger charge is 2.41. The molecule has 0 saturated heterocycles. The average Bonchev–Trinajstić information content (AvgIpc) is 2.89. The molecule has 82 valence electrons. The van der Waals surface area contributed by atoms with Gasteiger partial charge in [-0.25, -0.2) is 8.78 Å². The van der Waals surface area contributed by atoms with Crippen LogP contribution in [-0.4, -0.2) is 10.7 Å². The molecule has 2 rings (SSSR count). The lowest BCUT2D eigenvalue weighted by molar-refractivity contribution is 0.148. The molecule has 4 heteroatoms. The quantitative estimate of drug-likeness (QED) is 0.823. The van der Waals surface area contributed by atoms with Gasteiger partial charge in [-0.3, -0.25) is 0 Å². The molecule has 15 heavy (non-hydrogen) atoms. The second kappa shape index (κ2) is 3.52. The van der Waals surface area contributed by atoms with E-state index in [0.29, 0.717) is 18.4 Å². The van der Waals surface area contributed by atoms with E-state index in [1.54, 1.807) is 6.92 Å². The van der Waals surface area contributed by atoms with Crippen LogP contribution < -0.4 is 0 Å². The summed E-state index contributed by atoms with van der Waals surface area (Å²) in [6.07, 6.45) is 1.31. The maximum Gasteiger partial charge on any atom is 0.143 e. The molecule has 1 aromatic carbocycles. The number of hydrogen-bond acceptors (Lipinski definition) is 1. The van der Waals surface area contributed by atoms with E-state index >= 15 is 0 Å². The van der Waals surface area contributed by atoms with Crippen LogP contribution in [0.4, 0.5) is 8.78 Å². The molecule has 0 bridgehead atoms. The van der Waals surface area contributed by atoms with Crippen LogP contribution >= 0.6 is 15.9 Å². The molecular weight excluding hydrogens is 266 g/mol. The Morgan fingerprint density at radius 3 is 2.53 bits per heavy atom. The van der Waals surface area contributed by atoms with Crippen LogP contribution in [0.25, 0.3) is 0 Å². The lowest BCUT2D eigenvalue weighted by Crippen LogP contribution is -2.14. The second-order valence-electron chi connectivity index (χ2n) is 4.18. The summed E-state index contributed by atoms with van der Waals surface area (Å²) < 4.78 is 27.5. The predicted octanol–water partition coefficient (Wildman–Crippen LogP) is 3.10. The van der Waals surface area contributed by atoms with Crippen molar-refractivity contribution in [1.82, 2.24) is 0 Å². The predicted molar refractivity (Wildman–Crippen MR) is 56.7 cm³/mol. The van der Waals surface area contributed by atoms with E-state index in [1.807, 2.05) is 0 Å². The molecule has 1 aliphatic rings. The van der Waals surface area contributed by atoms with Crippen molar-refractivity contribution in [3.63, 3.8) is 0 Å². The van der Waals surface area contributed by atoms with Crippen LogP contribution in [0.2, 0.25) is 0 Å². The first kappa shape index (κ1) is 11.0. The van der Waals surface area contributed by atoms with Gasteiger partial charge in [-0.15, -0.1) is 0 Å². The highest BCUT2D eigenvalue weighted by molar-refractivity contribution is 9.10. The minimum Gasteiger partial charge on any atom is -0.390 e. The molecule has 1 aromatic rings. The van der Waals surface area contributed by atoms with Crippen molar-refractivity contribution in [2.24, 2.45) is 0 Å². The highest BCUT2D eigenvalue weighted by atomic mass is 79.9. The summed E-state index contributed by atoms with van der Waals surface area (Å²) in [5.41, 5.74) is -0.501. The van der Waals surface area contributed by atoms with Crippen molar-refractivity contribution >= 4 is 15.9 Å². The van der Waals surface area contributed by atoms with Gasteiger partial charge in [0.25, 0.3) is 0 Å². The normalized spacial score (nSPS) is 17.9. The Morgan fingerprint density at radius 1 is 1.40 bits per heavy atom. The van der Waals surface area contributed by atoms with Gasteiger partial charge < -0.3 is 5.11 Å². The van der Waals surface area contributed by atoms with Crippen molar-refractivity contribution in [1.29, 1.82) is 0 Å². The Morgan fingerprint density at radius 2 is 2.00 bits per heavy atom. The average molecular weight is 277 g/mol. The molecule has 0 unspecified atom stereocenters. The van der Waals surface area contributed by atoms with Gasteiger partial charge in [0.2, 0.25) is 0 Å². The van der Waals surface area contributed by atoms with Gasteiger partial charge in [-0.05, 0) is 47.3 Å². The molecule has 1 nitrogen and oxygen atoms in total. The minimum atomic E-state index is -0.880. The van der Waals surface area contributed by atoms with Crippen molar-refractivity contribution in [2.75, 3.05) is 0 Å². The third-order valence-electron chi connectivity index (χ3n) is 2.76. The molecule has 0 amide bonds. The van der Waals surface area contributed by atoms with Crippen molar-refractivity contribution in [2.45, 2.75) is 31.8 Å². The molecule has 0 spiro atoms. The summed E-state index contributed by atoms with van der Waals surface area (Å²) in [5.74, 6) is -1.14. The fourth-order valence-electron chi connectivity index (χ4n) is 1.60. The van der Waals surface area contributed by atoms with Crippen LogP contribution in [0, 0.1) is 18.6 Å². The Hall–Kier alpha value is -0.480. The first-order valence-electron chi connectivity index (χ1n) is 4.78. The molecule has 1 fully saturated rings. The minimum absolute atomic E-state index is 0.0122. The van der Waals surface area contributed by atoms with Crippen molar-refractivity contribution < 1.29 is 13.9 Å². The van der Waals surface area contributed by atoms with E-state index in [9.17, 15) is 13.9 Å². The lowest BCUT2D eigenvalue weighted by Gasteiger charge is -2.12. The van der Waals surface area contributed by atoms with E-state index in [-0.39, 0.29) is 16.5 Å². The monoisotopic (exact) mass is 276 g/mol. The van der Waals surface area contributed by atoms with Crippen LogP contribution in [0.3, 0.4) is 0 Å². The first-order valence-corrected chi connectivity index (χ1v) is 5.58. The summed E-state index contributed by atoms with van der Waals surface area (Å²) in [6, 6.07) is 1.41. The molecule has 0 radical (unpaired) electrons. The highest BCUT2D eigenvalue weighted by Crippen LogP contribution is 2.40. The van der Waals surface area contributed by atoms with Crippen molar-refractivity contribution in [3.05, 3.63) is 33.3 Å². The molecule has 1 N–H and O–H groups in total. The van der Waals surface area contributed by atoms with E-state index in [2.05, 4.69) is 15.9 Å². The molecular formula is C11H11BrF2O. The van der Waals surface area contributed by atoms with Gasteiger partial charge >= 0.3 is 0 Å². The van der Waals surface area contributed by atoms with E-state index in [0.717, 1.165) is 0 Å². The topological polar surface area (TPSA) is 20.2 Å². The summed E-state index contributed by atoms with van der Waals surface area (Å²) in [5, 5.41) is 9.66. The molecule has 1 saturated carbocycles. The number of aliphatic hydroxyl groups is 1. The van der Waals surface area contributed by atoms with Crippen LogP contribution in [-0.2, 0) is 6.42 Å². The Kier molecular flexibility index (Phi) is 2.59. The Balaban J connectivity index is 2.44. The van der Waals surface area contributed by atoms with E-state index < -0.39 is 17.2 Å². The third-order valence-corrected chi connectivity index (χ3v) is 3.34. The Labute approximate surface area is 95.2 Å². The van der Waals surface area contributed by atoms with Gasteiger partial charge in [-0.1, -0.05) is 0 Å². The second-order valence-corrected chi connectivity index (χ2v) is 5.04. The largest absolute Gasteiger partial charge is 0.390 e. The summed E-state index contributed by atoms with van der Waals surface area (Å²) in [4.78, 5) is 0. The van der Waals surface area contributed by atoms with Gasteiger partial charge in [0.05, 0.1) is 10.1 Å². The zero-order valence-electron chi connectivity index (χ0n) is 8.28. The molecule has 0 heterocycles. The van der Waals surface area contributed by atoms with Gasteiger partial charge in [-0.2, -0.15) is 0 Å². The van der Waals surface area contributed by atoms with Crippen molar-refractivity contribution in [3.8, 4) is 0 Å². The summed E-state index contributed by atoms with van der Waals surface area (Å²) >= 11 is 3.04. The lowest BCUT2D eigenvalue weighted by atomic mass is 10.0. The maximum absolute atomic E-state index is 13.6. The molecule has 0 aromatic heterocycles. The van der Waals surface area contributed by atoms with Crippen LogP contribution in [0.1, 0.15) is 24.0 Å². The maximum atomic E-state index is 13.6. The van der Waals surface area contributed by atoms with Gasteiger partial charge in [0.1, 0.15) is 11.6 Å². The number of aryl methyl sites for hydroxylation is 1. The van der Waals surface area contributed by atoms with E-state index in [4.69, 9.17) is 0 Å². The number of benzene rings is 1. The molecule has 0 atom stereocenters. The SMILES string of the molecule is Cc1cc(Br)c(F)c(CC2(O)CC2)c1F. The standard InChI is InChI=1S/C11H11BrF2O/c1-6-4-8(12)10(14)7(9(6)13)5-11(15)2-3-11/h4,15H,2-3,5H2,1H3. The van der Waals surface area contributed by atoms with Gasteiger partial charge in [0.15, 0.2) is 0 Å². The smallest absolute Gasteiger partial charge is 0.143 e.